The summed E-state index contributed by atoms with van der Waals surface area (Å²) in [5, 5.41) is 67.0. The summed E-state index contributed by atoms with van der Waals surface area (Å²) in [6, 6.07) is 0. The van der Waals surface area contributed by atoms with E-state index in [0.29, 0.717) is 25.9 Å². The lowest BCUT2D eigenvalue weighted by molar-refractivity contribution is -0.160. The standard InChI is InChI=1S/C43H60N4O12/c1-21-12-11-13-22(2)42(55)45-33-28(20-44-47-17-15-46(9)16-18-47)37(52)30-31(38(33)53)36(51)26(6)40-32(30)41(54)43(8,59-40)57-19-14-29(56-10)23(3)39(58-27(7)48)25(5)35(50)24(4)34(21)49/h13-14,19-21,23-25,29,34-35,39,49-53H,11-12,15-18H2,1-10H3,(H,45,55). The molecule has 0 aromatic heterocycles. The lowest BCUT2D eigenvalue weighted by Crippen LogP contribution is -2.46. The van der Waals surface area contributed by atoms with E-state index in [-0.39, 0.29) is 50.4 Å². The van der Waals surface area contributed by atoms with Crippen molar-refractivity contribution in [1.82, 2.24) is 9.91 Å². The molecule has 2 aromatic carbocycles. The molecule has 4 aliphatic rings. The minimum Gasteiger partial charge on any atom is -0.507 e. The number of rotatable bonds is 4. The molecule has 1 saturated heterocycles. The summed E-state index contributed by atoms with van der Waals surface area (Å²) in [7, 11) is 3.43. The van der Waals surface area contributed by atoms with E-state index < -0.39 is 82.9 Å². The molecule has 2 aromatic rings. The van der Waals surface area contributed by atoms with Gasteiger partial charge in [0.05, 0.1) is 53.0 Å². The number of carbonyl (C=O) groups excluding carboxylic acids is 3. The Morgan fingerprint density at radius 1 is 0.966 bits per heavy atom. The van der Waals surface area contributed by atoms with Crippen LogP contribution in [0.2, 0.25) is 0 Å². The number of ketones is 1. The highest BCUT2D eigenvalue weighted by Crippen LogP contribution is 2.55. The van der Waals surface area contributed by atoms with Crippen LogP contribution in [-0.4, -0.2) is 130 Å². The van der Waals surface area contributed by atoms with Gasteiger partial charge in [-0.3, -0.25) is 19.4 Å². The number of phenolic OH excluding ortho intramolecular Hbond substituents is 3. The Bertz CT molecular complexity index is 2020. The van der Waals surface area contributed by atoms with E-state index in [0.717, 1.165) is 13.1 Å². The number of hydrazone groups is 1. The van der Waals surface area contributed by atoms with Gasteiger partial charge >= 0.3 is 11.8 Å². The van der Waals surface area contributed by atoms with Crippen molar-refractivity contribution in [2.45, 2.75) is 98.4 Å². The highest BCUT2D eigenvalue weighted by molar-refractivity contribution is 6.23. The number of carbonyl (C=O) groups is 3. The van der Waals surface area contributed by atoms with E-state index in [9.17, 15) is 39.9 Å². The lowest BCUT2D eigenvalue weighted by atomic mass is 9.78. The van der Waals surface area contributed by atoms with Crippen LogP contribution in [0, 0.1) is 30.6 Å². The molecule has 0 aliphatic carbocycles. The lowest BCUT2D eigenvalue weighted by Gasteiger charge is -2.38. The Morgan fingerprint density at radius 3 is 2.25 bits per heavy atom. The third-order valence-electron chi connectivity index (χ3n) is 12.2. The number of hydrogen-bond donors (Lipinski definition) is 6. The highest BCUT2D eigenvalue weighted by Gasteiger charge is 2.50. The normalized spacial score (nSPS) is 30.4. The van der Waals surface area contributed by atoms with E-state index in [1.165, 1.54) is 46.4 Å². The third-order valence-corrected chi connectivity index (χ3v) is 12.2. The number of phenols is 3. The molecule has 16 heteroatoms. The second-order valence-corrected chi connectivity index (χ2v) is 16.5. The van der Waals surface area contributed by atoms with Gasteiger partial charge in [0.2, 0.25) is 0 Å². The molecule has 4 heterocycles. The van der Waals surface area contributed by atoms with Crippen LogP contribution < -0.4 is 10.1 Å². The second-order valence-electron chi connectivity index (χ2n) is 16.5. The van der Waals surface area contributed by atoms with Gasteiger partial charge in [0.1, 0.15) is 23.4 Å². The number of piperazine rings is 1. The molecular formula is C43H60N4O12. The summed E-state index contributed by atoms with van der Waals surface area (Å²) in [4.78, 5) is 42.7. The smallest absolute Gasteiger partial charge is 0.312 e. The zero-order valence-corrected chi connectivity index (χ0v) is 35.6. The van der Waals surface area contributed by atoms with Gasteiger partial charge in [0.15, 0.2) is 5.75 Å². The van der Waals surface area contributed by atoms with Crippen molar-refractivity contribution < 1.29 is 58.9 Å². The number of ether oxygens (including phenoxy) is 4. The third kappa shape index (κ3) is 9.00. The van der Waals surface area contributed by atoms with Gasteiger partial charge in [0.25, 0.3) is 11.7 Å². The highest BCUT2D eigenvalue weighted by atomic mass is 16.7. The fourth-order valence-corrected chi connectivity index (χ4v) is 8.22. The largest absolute Gasteiger partial charge is 0.507 e. The number of fused-ring (bicyclic) bond motifs is 15. The van der Waals surface area contributed by atoms with Crippen molar-refractivity contribution in [3.63, 3.8) is 0 Å². The summed E-state index contributed by atoms with van der Waals surface area (Å²) < 4.78 is 23.6. The molecule has 16 nitrogen and oxygen atoms in total. The summed E-state index contributed by atoms with van der Waals surface area (Å²) in [6.07, 6.45) is 2.77. The van der Waals surface area contributed by atoms with E-state index in [1.807, 2.05) is 14.0 Å². The van der Waals surface area contributed by atoms with Gasteiger partial charge in [-0.15, -0.1) is 0 Å². The minimum absolute atomic E-state index is 0.0651. The summed E-state index contributed by atoms with van der Waals surface area (Å²) in [6.45, 7) is 15.3. The van der Waals surface area contributed by atoms with Gasteiger partial charge < -0.3 is 54.7 Å². The predicted octanol–water partition coefficient (Wildman–Crippen LogP) is 4.56. The van der Waals surface area contributed by atoms with Crippen LogP contribution >= 0.6 is 0 Å². The number of aliphatic hydroxyl groups is 2. The number of allylic oxidation sites excluding steroid dienone is 1. The first kappa shape index (κ1) is 45.2. The Hall–Kier alpha value is -4.90. The zero-order chi connectivity index (χ0) is 43.7. The Labute approximate surface area is 345 Å². The Morgan fingerprint density at radius 2 is 1.63 bits per heavy atom. The van der Waals surface area contributed by atoms with Crippen LogP contribution in [0.15, 0.2) is 29.1 Å². The topological polar surface area (TPSA) is 220 Å². The fraction of sp³-hybridized carbons (Fsp3) is 0.581. The fourth-order valence-electron chi connectivity index (χ4n) is 8.22. The summed E-state index contributed by atoms with van der Waals surface area (Å²) in [5.74, 6) is -7.95. The number of methoxy groups -OCH3 is 1. The summed E-state index contributed by atoms with van der Waals surface area (Å²) in [5.41, 5.74) is -0.203. The first-order valence-corrected chi connectivity index (χ1v) is 20.1. The van der Waals surface area contributed by atoms with E-state index >= 15 is 0 Å². The van der Waals surface area contributed by atoms with E-state index in [1.54, 1.807) is 38.8 Å². The maximum absolute atomic E-state index is 14.4. The number of esters is 1. The van der Waals surface area contributed by atoms with Crippen molar-refractivity contribution >= 4 is 40.3 Å². The minimum atomic E-state index is -2.04. The molecular weight excluding hydrogens is 764 g/mol. The molecule has 4 aliphatic heterocycles. The van der Waals surface area contributed by atoms with E-state index in [2.05, 4.69) is 15.3 Å². The molecule has 0 saturated carbocycles. The Kier molecular flexibility index (Phi) is 13.9. The molecule has 0 spiro atoms. The van der Waals surface area contributed by atoms with Crippen LogP contribution in [-0.2, 0) is 23.8 Å². The van der Waals surface area contributed by atoms with Crippen molar-refractivity contribution in [2.75, 3.05) is 45.7 Å². The Balaban J connectivity index is 1.68. The maximum atomic E-state index is 14.4. The summed E-state index contributed by atoms with van der Waals surface area (Å²) >= 11 is 0. The zero-order valence-electron chi connectivity index (χ0n) is 35.6. The van der Waals surface area contributed by atoms with Crippen molar-refractivity contribution in [3.8, 4) is 23.0 Å². The molecule has 0 radical (unpaired) electrons. The number of hydrogen-bond acceptors (Lipinski definition) is 15. The van der Waals surface area contributed by atoms with Gasteiger partial charge in [-0.05, 0) is 45.7 Å². The molecule has 9 unspecified atom stereocenters. The van der Waals surface area contributed by atoms with E-state index in [4.69, 9.17) is 18.9 Å². The first-order valence-electron chi connectivity index (χ1n) is 20.1. The number of benzene rings is 2. The van der Waals surface area contributed by atoms with Crippen LogP contribution in [0.4, 0.5) is 5.69 Å². The number of aliphatic hydroxyl groups excluding tert-OH is 2. The van der Waals surface area contributed by atoms with Crippen LogP contribution in [0.3, 0.4) is 0 Å². The number of Topliss-reactive ketones (excluding diaryl/α,β-unsaturated/α-hetero) is 1. The number of nitrogens with zero attached hydrogens (tertiary/aromatic N) is 3. The second kappa shape index (κ2) is 18.2. The average molecular weight is 825 g/mol. The SMILES string of the molecule is COC1C=COC2(C)Oc3c(C)c(O)c4c(O)c(c(C=NN5CCN(C)CC5)c(O)c4c3C2=O)NC(=O)C(C)=CCCC(C)C(O)C(C)C(O)C(C)C(OC(C)=O)C1C. The van der Waals surface area contributed by atoms with Crippen LogP contribution in [0.5, 0.6) is 23.0 Å². The number of amides is 1. The molecule has 1 amide bonds. The van der Waals surface area contributed by atoms with Gasteiger partial charge in [0, 0.05) is 81.4 Å². The number of anilines is 1. The maximum Gasteiger partial charge on any atom is 0.312 e. The molecule has 6 N–H and O–H groups in total. The number of aromatic hydroxyl groups is 3. The van der Waals surface area contributed by atoms with Crippen LogP contribution in [0.25, 0.3) is 10.8 Å². The molecule has 324 valence electrons. The molecule has 9 atom stereocenters. The monoisotopic (exact) mass is 824 g/mol. The number of nitrogens with one attached hydrogen (secondary N) is 1. The first-order chi connectivity index (χ1) is 27.7. The average Bonchev–Trinajstić information content (AvgIpc) is 3.46. The molecule has 5 bridgehead atoms. The van der Waals surface area contributed by atoms with Gasteiger partial charge in [-0.25, -0.2) is 0 Å². The quantitative estimate of drug-likeness (QED) is 0.108. The molecule has 1 fully saturated rings. The van der Waals surface area contributed by atoms with Crippen molar-refractivity contribution in [2.24, 2.45) is 28.8 Å². The molecule has 6 rings (SSSR count). The van der Waals surface area contributed by atoms with Gasteiger partial charge in [-0.2, -0.15) is 5.10 Å². The van der Waals surface area contributed by atoms with Gasteiger partial charge in [-0.1, -0.05) is 33.8 Å². The molecule has 59 heavy (non-hydrogen) atoms. The van der Waals surface area contributed by atoms with Crippen molar-refractivity contribution in [1.29, 1.82) is 0 Å². The number of likely N-dealkylation sites (N-methyl/N-ethyl adjacent to an activating group) is 1. The van der Waals surface area contributed by atoms with Crippen LogP contribution in [0.1, 0.15) is 82.8 Å². The van der Waals surface area contributed by atoms with Crippen molar-refractivity contribution in [3.05, 3.63) is 40.7 Å². The predicted molar refractivity (Wildman–Crippen MR) is 221 cm³/mol.